The Kier molecular flexibility index (Phi) is 7.66. The molecule has 1 fully saturated rings. The van der Waals surface area contributed by atoms with Gasteiger partial charge in [-0.2, -0.15) is 0 Å². The van der Waals surface area contributed by atoms with E-state index in [2.05, 4.69) is 4.72 Å². The van der Waals surface area contributed by atoms with Crippen molar-refractivity contribution in [3.8, 4) is 0 Å². The van der Waals surface area contributed by atoms with Crippen LogP contribution in [0, 0.1) is 17.7 Å². The van der Waals surface area contributed by atoms with Gasteiger partial charge in [0.05, 0.1) is 5.75 Å². The summed E-state index contributed by atoms with van der Waals surface area (Å²) in [5.41, 5.74) is 1.31. The van der Waals surface area contributed by atoms with E-state index in [0.717, 1.165) is 18.4 Å². The first-order valence-electron chi connectivity index (χ1n) is 10.8. The van der Waals surface area contributed by atoms with E-state index in [9.17, 15) is 22.4 Å². The monoisotopic (exact) mass is 460 g/mol. The van der Waals surface area contributed by atoms with Gasteiger partial charge >= 0.3 is 0 Å². The van der Waals surface area contributed by atoms with E-state index in [1.165, 1.54) is 29.2 Å². The van der Waals surface area contributed by atoms with E-state index in [0.29, 0.717) is 12.1 Å². The van der Waals surface area contributed by atoms with Crippen LogP contribution in [-0.4, -0.2) is 32.0 Å². The number of rotatable bonds is 10. The molecule has 1 saturated carbocycles. The molecule has 6 nitrogen and oxygen atoms in total. The number of carbonyl (C=O) groups excluding carboxylic acids is 2. The Balaban J connectivity index is 1.75. The van der Waals surface area contributed by atoms with Crippen LogP contribution in [-0.2, 0) is 26.0 Å². The van der Waals surface area contributed by atoms with Gasteiger partial charge < -0.3 is 4.90 Å². The highest BCUT2D eigenvalue weighted by molar-refractivity contribution is 7.90. The minimum absolute atomic E-state index is 0.226. The van der Waals surface area contributed by atoms with Crippen molar-refractivity contribution in [2.45, 2.75) is 45.6 Å². The maximum absolute atomic E-state index is 13.4. The number of anilines is 1. The van der Waals surface area contributed by atoms with Gasteiger partial charge in [-0.25, -0.2) is 12.8 Å². The summed E-state index contributed by atoms with van der Waals surface area (Å²) in [5.74, 6) is -2.86. The number of halogens is 1. The first-order valence-corrected chi connectivity index (χ1v) is 12.5. The van der Waals surface area contributed by atoms with Crippen LogP contribution in [0.5, 0.6) is 0 Å². The Bertz CT molecular complexity index is 1040. The fraction of sp³-hybridized carbons (Fsp3) is 0.417. The number of nitrogens with zero attached hydrogens (tertiary/aromatic N) is 1. The molecule has 1 N–H and O–H groups in total. The second kappa shape index (κ2) is 10.3. The van der Waals surface area contributed by atoms with Gasteiger partial charge in [0, 0.05) is 11.7 Å². The molecule has 172 valence electrons. The number of benzene rings is 2. The molecule has 2 aromatic carbocycles. The van der Waals surface area contributed by atoms with E-state index >= 15 is 0 Å². The van der Waals surface area contributed by atoms with Crippen molar-refractivity contribution in [3.63, 3.8) is 0 Å². The Labute approximate surface area is 188 Å². The smallest absolute Gasteiger partial charge is 0.246 e. The summed E-state index contributed by atoms with van der Waals surface area (Å²) in [4.78, 5) is 27.8. The SMILES string of the molecule is CC(C)N(C(=O)C(CC1CC1)C(=O)NS(=O)(=O)CCc1ccccc1)c1ccc(F)cc1. The molecule has 2 aromatic rings. The molecule has 0 saturated heterocycles. The van der Waals surface area contributed by atoms with E-state index in [1.807, 2.05) is 30.3 Å². The van der Waals surface area contributed by atoms with Gasteiger partial charge in [-0.1, -0.05) is 43.2 Å². The molecule has 0 bridgehead atoms. The fourth-order valence-corrected chi connectivity index (χ4v) is 4.68. The van der Waals surface area contributed by atoms with Crippen LogP contribution in [0.15, 0.2) is 54.6 Å². The fourth-order valence-electron chi connectivity index (χ4n) is 3.63. The van der Waals surface area contributed by atoms with Crippen molar-refractivity contribution in [1.82, 2.24) is 4.72 Å². The summed E-state index contributed by atoms with van der Waals surface area (Å²) in [6.07, 6.45) is 2.38. The maximum Gasteiger partial charge on any atom is 0.246 e. The number of aryl methyl sites for hydroxylation is 1. The summed E-state index contributed by atoms with van der Waals surface area (Å²) in [6, 6.07) is 14.3. The third kappa shape index (κ3) is 6.63. The lowest BCUT2D eigenvalue weighted by Gasteiger charge is -2.30. The molecule has 0 heterocycles. The number of hydrogen-bond donors (Lipinski definition) is 1. The average molecular weight is 461 g/mol. The molecule has 0 aliphatic heterocycles. The zero-order valence-electron chi connectivity index (χ0n) is 18.3. The van der Waals surface area contributed by atoms with Crippen LogP contribution in [0.3, 0.4) is 0 Å². The maximum atomic E-state index is 13.4. The Morgan fingerprint density at radius 3 is 2.25 bits per heavy atom. The Hall–Kier alpha value is -2.74. The minimum Gasteiger partial charge on any atom is -0.309 e. The molecule has 0 aromatic heterocycles. The van der Waals surface area contributed by atoms with Crippen molar-refractivity contribution in [2.24, 2.45) is 11.8 Å². The standard InChI is InChI=1S/C24H29FN2O4S/c1-17(2)27(21-12-10-20(25)11-13-21)24(29)22(16-19-8-9-19)23(28)26-32(30,31)15-14-18-6-4-3-5-7-18/h3-7,10-13,17,19,22H,8-9,14-16H2,1-2H3,(H,26,28). The third-order valence-corrected chi connectivity index (χ3v) is 6.75. The van der Waals surface area contributed by atoms with Gasteiger partial charge in [0.2, 0.25) is 21.8 Å². The van der Waals surface area contributed by atoms with Crippen LogP contribution in [0.2, 0.25) is 0 Å². The molecule has 1 unspecified atom stereocenters. The van der Waals surface area contributed by atoms with Crippen molar-refractivity contribution < 1.29 is 22.4 Å². The van der Waals surface area contributed by atoms with E-state index < -0.39 is 33.6 Å². The zero-order valence-corrected chi connectivity index (χ0v) is 19.1. The lowest BCUT2D eigenvalue weighted by molar-refractivity contribution is -0.133. The normalized spacial score (nSPS) is 14.8. The lowest BCUT2D eigenvalue weighted by atomic mass is 9.98. The van der Waals surface area contributed by atoms with Crippen molar-refractivity contribution in [1.29, 1.82) is 0 Å². The molecule has 0 radical (unpaired) electrons. The molecule has 2 amide bonds. The highest BCUT2D eigenvalue weighted by Gasteiger charge is 2.38. The van der Waals surface area contributed by atoms with Gasteiger partial charge in [0.1, 0.15) is 11.7 Å². The van der Waals surface area contributed by atoms with E-state index in [-0.39, 0.29) is 24.1 Å². The summed E-state index contributed by atoms with van der Waals surface area (Å²) in [6.45, 7) is 3.59. The third-order valence-electron chi connectivity index (χ3n) is 5.50. The number of carbonyl (C=O) groups is 2. The summed E-state index contributed by atoms with van der Waals surface area (Å²) in [5, 5.41) is 0. The molecule has 1 aliphatic carbocycles. The van der Waals surface area contributed by atoms with Gasteiger partial charge in [-0.05, 0) is 62.4 Å². The number of hydrogen-bond acceptors (Lipinski definition) is 4. The molecular weight excluding hydrogens is 431 g/mol. The van der Waals surface area contributed by atoms with Crippen molar-refractivity contribution in [2.75, 3.05) is 10.7 Å². The summed E-state index contributed by atoms with van der Waals surface area (Å²) >= 11 is 0. The predicted molar refractivity (Wildman–Crippen MR) is 122 cm³/mol. The predicted octanol–water partition coefficient (Wildman–Crippen LogP) is 3.67. The van der Waals surface area contributed by atoms with Crippen LogP contribution in [0.25, 0.3) is 0 Å². The molecule has 1 aliphatic rings. The topological polar surface area (TPSA) is 83.6 Å². The van der Waals surface area contributed by atoms with E-state index in [4.69, 9.17) is 0 Å². The van der Waals surface area contributed by atoms with Gasteiger partial charge in [0.25, 0.3) is 0 Å². The van der Waals surface area contributed by atoms with Crippen molar-refractivity contribution in [3.05, 3.63) is 66.0 Å². The lowest BCUT2D eigenvalue weighted by Crippen LogP contribution is -2.48. The van der Waals surface area contributed by atoms with Crippen LogP contribution in [0.1, 0.15) is 38.7 Å². The largest absolute Gasteiger partial charge is 0.309 e. The highest BCUT2D eigenvalue weighted by atomic mass is 32.2. The zero-order chi connectivity index (χ0) is 23.3. The minimum atomic E-state index is -3.91. The Morgan fingerprint density at radius 2 is 1.69 bits per heavy atom. The number of amides is 2. The molecule has 1 atom stereocenters. The molecule has 3 rings (SSSR count). The quantitative estimate of drug-likeness (QED) is 0.549. The number of sulfonamides is 1. The average Bonchev–Trinajstić information content (AvgIpc) is 3.56. The second-order valence-corrected chi connectivity index (χ2v) is 10.4. The highest BCUT2D eigenvalue weighted by Crippen LogP contribution is 2.36. The van der Waals surface area contributed by atoms with Crippen LogP contribution >= 0.6 is 0 Å². The Morgan fingerprint density at radius 1 is 1.06 bits per heavy atom. The van der Waals surface area contributed by atoms with E-state index in [1.54, 1.807) is 13.8 Å². The van der Waals surface area contributed by atoms with Crippen molar-refractivity contribution >= 4 is 27.5 Å². The molecule has 32 heavy (non-hydrogen) atoms. The first kappa shape index (κ1) is 23.9. The van der Waals surface area contributed by atoms with Crippen LogP contribution < -0.4 is 9.62 Å². The second-order valence-electron chi connectivity index (χ2n) is 8.53. The molecular formula is C24H29FN2O4S. The molecule has 0 spiro atoms. The first-order chi connectivity index (χ1) is 15.2. The van der Waals surface area contributed by atoms with Crippen LogP contribution in [0.4, 0.5) is 10.1 Å². The summed E-state index contributed by atoms with van der Waals surface area (Å²) < 4.78 is 40.6. The summed E-state index contributed by atoms with van der Waals surface area (Å²) in [7, 11) is -3.91. The molecule has 8 heteroatoms. The van der Waals surface area contributed by atoms with Gasteiger partial charge in [-0.3, -0.25) is 14.3 Å². The van der Waals surface area contributed by atoms with Gasteiger partial charge in [0.15, 0.2) is 0 Å². The van der Waals surface area contributed by atoms with Gasteiger partial charge in [-0.15, -0.1) is 0 Å². The number of nitrogens with one attached hydrogen (secondary N) is 1.